The third kappa shape index (κ3) is 5.48. The first-order chi connectivity index (χ1) is 12.5. The van der Waals surface area contributed by atoms with Crippen molar-refractivity contribution in [2.24, 2.45) is 0 Å². The Kier molecular flexibility index (Phi) is 6.97. The van der Waals surface area contributed by atoms with E-state index in [0.717, 1.165) is 17.0 Å². The highest BCUT2D eigenvalue weighted by molar-refractivity contribution is 5.98. The van der Waals surface area contributed by atoms with Gasteiger partial charge < -0.3 is 14.4 Å². The van der Waals surface area contributed by atoms with Crippen LogP contribution in [0.3, 0.4) is 0 Å². The topological polar surface area (TPSA) is 55.8 Å². The lowest BCUT2D eigenvalue weighted by atomic mass is 10.2. The van der Waals surface area contributed by atoms with Crippen LogP contribution in [0.5, 0.6) is 5.75 Å². The van der Waals surface area contributed by atoms with E-state index >= 15 is 0 Å². The lowest BCUT2D eigenvalue weighted by molar-refractivity contribution is -0.148. The van der Waals surface area contributed by atoms with Crippen LogP contribution in [0, 0.1) is 0 Å². The van der Waals surface area contributed by atoms with E-state index in [1.54, 1.807) is 20.0 Å². The average molecular weight is 353 g/mol. The van der Waals surface area contributed by atoms with E-state index in [0.29, 0.717) is 6.61 Å². The van der Waals surface area contributed by atoms with E-state index in [4.69, 9.17) is 9.47 Å². The van der Waals surface area contributed by atoms with Crippen LogP contribution in [0.25, 0.3) is 6.08 Å². The number of rotatable bonds is 7. The van der Waals surface area contributed by atoms with Crippen LogP contribution in [0.2, 0.25) is 0 Å². The van der Waals surface area contributed by atoms with Crippen LogP contribution in [0.1, 0.15) is 19.4 Å². The van der Waals surface area contributed by atoms with Gasteiger partial charge in [0, 0.05) is 18.8 Å². The molecule has 0 spiro atoms. The zero-order valence-electron chi connectivity index (χ0n) is 15.2. The molecule has 0 radical (unpaired) electrons. The monoisotopic (exact) mass is 353 g/mol. The molecule has 0 aliphatic carbocycles. The van der Waals surface area contributed by atoms with E-state index in [1.165, 1.54) is 11.0 Å². The first-order valence-corrected chi connectivity index (χ1v) is 8.45. The zero-order chi connectivity index (χ0) is 18.9. The summed E-state index contributed by atoms with van der Waals surface area (Å²) in [6.07, 6.45) is 2.07. The number of amides is 1. The lowest BCUT2D eigenvalue weighted by Crippen LogP contribution is -2.37. The molecule has 1 atom stereocenters. The Labute approximate surface area is 153 Å². The molecule has 0 heterocycles. The number of para-hydroxylation sites is 1. The van der Waals surface area contributed by atoms with Gasteiger partial charge in [0.25, 0.3) is 5.91 Å². The van der Waals surface area contributed by atoms with Crippen LogP contribution < -0.4 is 9.64 Å². The first kappa shape index (κ1) is 19.2. The van der Waals surface area contributed by atoms with Gasteiger partial charge in [-0.05, 0) is 49.8 Å². The fraction of sp³-hybridized carbons (Fsp3) is 0.238. The standard InChI is InChI=1S/C21H23NO4/c1-4-25-19-13-10-17(11-14-19)12-15-20(23)26-16(2)21(24)22(3)18-8-6-5-7-9-18/h5-16H,4H2,1-3H3/b15-12+/t16-/m1/s1. The molecule has 2 aromatic rings. The van der Waals surface area contributed by atoms with Gasteiger partial charge in [-0.1, -0.05) is 30.3 Å². The van der Waals surface area contributed by atoms with Gasteiger partial charge in [0.2, 0.25) is 0 Å². The van der Waals surface area contributed by atoms with E-state index in [2.05, 4.69) is 0 Å². The summed E-state index contributed by atoms with van der Waals surface area (Å²) in [6, 6.07) is 16.5. The molecule has 0 saturated heterocycles. The molecule has 0 aromatic heterocycles. The Morgan fingerprint density at radius 1 is 1.08 bits per heavy atom. The molecule has 0 fully saturated rings. The number of nitrogens with zero attached hydrogens (tertiary/aromatic N) is 1. The molecule has 0 saturated carbocycles. The minimum Gasteiger partial charge on any atom is -0.494 e. The smallest absolute Gasteiger partial charge is 0.331 e. The third-order valence-corrected chi connectivity index (χ3v) is 3.72. The molecule has 5 nitrogen and oxygen atoms in total. The molecular formula is C21H23NO4. The molecule has 0 unspecified atom stereocenters. The Hall–Kier alpha value is -3.08. The van der Waals surface area contributed by atoms with Crippen molar-refractivity contribution >= 4 is 23.6 Å². The number of likely N-dealkylation sites (N-methyl/N-ethyl adjacent to an activating group) is 1. The summed E-state index contributed by atoms with van der Waals surface area (Å²) in [4.78, 5) is 25.8. The van der Waals surface area contributed by atoms with Gasteiger partial charge in [0.1, 0.15) is 5.75 Å². The summed E-state index contributed by atoms with van der Waals surface area (Å²) >= 11 is 0. The zero-order valence-corrected chi connectivity index (χ0v) is 15.2. The Morgan fingerprint density at radius 2 is 1.73 bits per heavy atom. The predicted octanol–water partition coefficient (Wildman–Crippen LogP) is 3.69. The van der Waals surface area contributed by atoms with Gasteiger partial charge >= 0.3 is 5.97 Å². The van der Waals surface area contributed by atoms with E-state index < -0.39 is 12.1 Å². The molecule has 5 heteroatoms. The fourth-order valence-electron chi connectivity index (χ4n) is 2.32. The minimum atomic E-state index is -0.877. The maximum Gasteiger partial charge on any atom is 0.331 e. The van der Waals surface area contributed by atoms with Crippen LogP contribution in [0.4, 0.5) is 5.69 Å². The molecule has 136 valence electrons. The van der Waals surface area contributed by atoms with Gasteiger partial charge in [-0.15, -0.1) is 0 Å². The number of benzene rings is 2. The highest BCUT2D eigenvalue weighted by Crippen LogP contribution is 2.14. The van der Waals surface area contributed by atoms with Crippen LogP contribution in [0.15, 0.2) is 60.7 Å². The molecule has 0 N–H and O–H groups in total. The third-order valence-electron chi connectivity index (χ3n) is 3.72. The van der Waals surface area contributed by atoms with Crippen molar-refractivity contribution in [2.75, 3.05) is 18.6 Å². The van der Waals surface area contributed by atoms with Gasteiger partial charge in [-0.3, -0.25) is 4.79 Å². The number of carbonyl (C=O) groups is 2. The molecule has 1 amide bonds. The largest absolute Gasteiger partial charge is 0.494 e. The lowest BCUT2D eigenvalue weighted by Gasteiger charge is -2.21. The van der Waals surface area contributed by atoms with Gasteiger partial charge in [-0.25, -0.2) is 4.79 Å². The molecule has 0 aliphatic heterocycles. The van der Waals surface area contributed by atoms with E-state index in [9.17, 15) is 9.59 Å². The second-order valence-corrected chi connectivity index (χ2v) is 5.65. The number of hydrogen-bond acceptors (Lipinski definition) is 4. The van der Waals surface area contributed by atoms with E-state index in [1.807, 2.05) is 61.5 Å². The summed E-state index contributed by atoms with van der Waals surface area (Å²) in [5, 5.41) is 0. The Bertz CT molecular complexity index is 753. The van der Waals surface area contributed by atoms with Crippen molar-refractivity contribution in [1.29, 1.82) is 0 Å². The summed E-state index contributed by atoms with van der Waals surface area (Å²) in [5.41, 5.74) is 1.58. The minimum absolute atomic E-state index is 0.293. The van der Waals surface area contributed by atoms with Crippen molar-refractivity contribution < 1.29 is 19.1 Å². The van der Waals surface area contributed by atoms with Crippen molar-refractivity contribution in [2.45, 2.75) is 20.0 Å². The summed E-state index contributed by atoms with van der Waals surface area (Å²) in [7, 11) is 1.65. The summed E-state index contributed by atoms with van der Waals surface area (Å²) in [5.74, 6) is -0.0874. The molecule has 0 aliphatic rings. The van der Waals surface area contributed by atoms with Crippen molar-refractivity contribution in [3.05, 3.63) is 66.2 Å². The van der Waals surface area contributed by atoms with Crippen LogP contribution in [-0.4, -0.2) is 31.6 Å². The number of anilines is 1. The summed E-state index contributed by atoms with van der Waals surface area (Å²) in [6.45, 7) is 4.08. The van der Waals surface area contributed by atoms with Gasteiger partial charge in [-0.2, -0.15) is 0 Å². The predicted molar refractivity (Wildman–Crippen MR) is 102 cm³/mol. The molecule has 2 aromatic carbocycles. The number of hydrogen-bond donors (Lipinski definition) is 0. The molecule has 0 bridgehead atoms. The van der Waals surface area contributed by atoms with E-state index in [-0.39, 0.29) is 5.91 Å². The quantitative estimate of drug-likeness (QED) is 0.563. The maximum absolute atomic E-state index is 12.4. The SMILES string of the molecule is CCOc1ccc(/C=C/C(=O)O[C@H](C)C(=O)N(C)c2ccccc2)cc1. The van der Waals surface area contributed by atoms with Crippen molar-refractivity contribution in [1.82, 2.24) is 0 Å². The number of ether oxygens (including phenoxy) is 2. The molecule has 2 rings (SSSR count). The molecule has 26 heavy (non-hydrogen) atoms. The second-order valence-electron chi connectivity index (χ2n) is 5.65. The Balaban J connectivity index is 1.90. The average Bonchev–Trinajstić information content (AvgIpc) is 2.67. The highest BCUT2D eigenvalue weighted by atomic mass is 16.5. The Morgan fingerprint density at radius 3 is 2.35 bits per heavy atom. The fourth-order valence-corrected chi connectivity index (χ4v) is 2.32. The van der Waals surface area contributed by atoms with Crippen molar-refractivity contribution in [3.63, 3.8) is 0 Å². The molecular weight excluding hydrogens is 330 g/mol. The van der Waals surface area contributed by atoms with Crippen LogP contribution in [-0.2, 0) is 14.3 Å². The van der Waals surface area contributed by atoms with Crippen LogP contribution >= 0.6 is 0 Å². The van der Waals surface area contributed by atoms with Gasteiger partial charge in [0.15, 0.2) is 6.10 Å². The normalized spacial score (nSPS) is 11.8. The first-order valence-electron chi connectivity index (χ1n) is 8.45. The van der Waals surface area contributed by atoms with Crippen molar-refractivity contribution in [3.8, 4) is 5.75 Å². The summed E-state index contributed by atoms with van der Waals surface area (Å²) < 4.78 is 10.6. The number of esters is 1. The maximum atomic E-state index is 12.4. The second kappa shape index (κ2) is 9.42. The highest BCUT2D eigenvalue weighted by Gasteiger charge is 2.21. The number of carbonyl (C=O) groups excluding carboxylic acids is 2. The van der Waals surface area contributed by atoms with Gasteiger partial charge in [0.05, 0.1) is 6.61 Å².